The van der Waals surface area contributed by atoms with Gasteiger partial charge in [-0.25, -0.2) is 4.39 Å². The van der Waals surface area contributed by atoms with Crippen LogP contribution in [0, 0.1) is 5.82 Å². The molecule has 9 heteroatoms. The minimum Gasteiger partial charge on any atom is -0.370 e. The van der Waals surface area contributed by atoms with Crippen molar-refractivity contribution in [1.29, 1.82) is 0 Å². The van der Waals surface area contributed by atoms with E-state index in [2.05, 4.69) is 20.6 Å². The molecule has 1 aromatic heterocycles. The minimum atomic E-state index is -0.691. The topological polar surface area (TPSA) is 138 Å². The Hall–Kier alpha value is -2.94. The lowest BCUT2D eigenvalue weighted by atomic mass is 9.99. The van der Waals surface area contributed by atoms with E-state index in [1.54, 1.807) is 19.2 Å². The lowest BCUT2D eigenvalue weighted by molar-refractivity contribution is -0.129. The van der Waals surface area contributed by atoms with Crippen LogP contribution in [0.5, 0.6) is 0 Å². The van der Waals surface area contributed by atoms with E-state index in [0.717, 1.165) is 11.1 Å². The SMILES string of the molecule is CCNC(CCCN=C(N)N)C(=O)NC(Cc1c[nH]c2ccc(F)cc12)C(=O)CC. The molecular weight excluding hydrogens is 387 g/mol. The lowest BCUT2D eigenvalue weighted by Gasteiger charge is -2.22. The summed E-state index contributed by atoms with van der Waals surface area (Å²) < 4.78 is 13.7. The highest BCUT2D eigenvalue weighted by atomic mass is 19.1. The summed E-state index contributed by atoms with van der Waals surface area (Å²) in [5.74, 6) is -0.661. The monoisotopic (exact) mass is 418 g/mol. The fourth-order valence-corrected chi connectivity index (χ4v) is 3.38. The van der Waals surface area contributed by atoms with Crippen molar-refractivity contribution in [3.63, 3.8) is 0 Å². The van der Waals surface area contributed by atoms with E-state index >= 15 is 0 Å². The highest BCUT2D eigenvalue weighted by Gasteiger charge is 2.25. The number of benzene rings is 1. The molecule has 0 saturated carbocycles. The zero-order chi connectivity index (χ0) is 22.1. The van der Waals surface area contributed by atoms with Crippen molar-refractivity contribution in [1.82, 2.24) is 15.6 Å². The van der Waals surface area contributed by atoms with Crippen LogP contribution in [0.25, 0.3) is 10.9 Å². The maximum absolute atomic E-state index is 13.7. The Labute approximate surface area is 175 Å². The fourth-order valence-electron chi connectivity index (χ4n) is 3.38. The maximum Gasteiger partial charge on any atom is 0.237 e. The van der Waals surface area contributed by atoms with Crippen LogP contribution < -0.4 is 22.1 Å². The van der Waals surface area contributed by atoms with Gasteiger partial charge in [0, 0.05) is 36.5 Å². The Kier molecular flexibility index (Phi) is 8.79. The molecule has 30 heavy (non-hydrogen) atoms. The molecule has 164 valence electrons. The molecule has 0 aliphatic rings. The van der Waals surface area contributed by atoms with E-state index in [1.165, 1.54) is 12.1 Å². The molecule has 0 spiro atoms. The molecule has 0 aliphatic heterocycles. The van der Waals surface area contributed by atoms with Crippen molar-refractivity contribution >= 4 is 28.6 Å². The van der Waals surface area contributed by atoms with Crippen molar-refractivity contribution in [3.05, 3.63) is 35.8 Å². The number of aromatic amines is 1. The van der Waals surface area contributed by atoms with Gasteiger partial charge in [-0.15, -0.1) is 0 Å². The fraction of sp³-hybridized carbons (Fsp3) is 0.476. The number of amides is 1. The molecule has 0 bridgehead atoms. The zero-order valence-corrected chi connectivity index (χ0v) is 17.5. The van der Waals surface area contributed by atoms with Crippen molar-refractivity contribution in [2.45, 2.75) is 51.6 Å². The zero-order valence-electron chi connectivity index (χ0n) is 17.5. The van der Waals surface area contributed by atoms with Gasteiger partial charge < -0.3 is 27.1 Å². The Morgan fingerprint density at radius 3 is 2.67 bits per heavy atom. The van der Waals surface area contributed by atoms with Crippen LogP contribution in [0.15, 0.2) is 29.4 Å². The van der Waals surface area contributed by atoms with Crippen LogP contribution in [0.1, 0.15) is 38.7 Å². The van der Waals surface area contributed by atoms with Crippen molar-refractivity contribution in [2.24, 2.45) is 16.5 Å². The first-order valence-electron chi connectivity index (χ1n) is 10.2. The molecule has 1 amide bonds. The predicted octanol–water partition coefficient (Wildman–Crippen LogP) is 1.35. The number of aliphatic imine (C=N–C) groups is 1. The molecule has 7 N–H and O–H groups in total. The van der Waals surface area contributed by atoms with Crippen molar-refractivity contribution < 1.29 is 14.0 Å². The van der Waals surface area contributed by atoms with Crippen LogP contribution in [0.2, 0.25) is 0 Å². The number of hydrogen-bond acceptors (Lipinski definition) is 4. The summed E-state index contributed by atoms with van der Waals surface area (Å²) in [5.41, 5.74) is 12.2. The predicted molar refractivity (Wildman–Crippen MR) is 117 cm³/mol. The van der Waals surface area contributed by atoms with Gasteiger partial charge in [-0.05, 0) is 43.1 Å². The number of fused-ring (bicyclic) bond motifs is 1. The molecule has 2 aromatic rings. The number of guanidine groups is 1. The van der Waals surface area contributed by atoms with Gasteiger partial charge in [-0.1, -0.05) is 13.8 Å². The standard InChI is InChI=1S/C21H31FN6O2/c1-3-19(29)18(10-13-12-27-16-8-7-14(22)11-15(13)16)28-20(30)17(25-4-2)6-5-9-26-21(23)24/h7-8,11-12,17-18,25,27H,3-6,9-10H2,1-2H3,(H,28,30)(H4,23,24,26). The number of rotatable bonds is 12. The summed E-state index contributed by atoms with van der Waals surface area (Å²) in [7, 11) is 0. The number of carbonyl (C=O) groups excluding carboxylic acids is 2. The second kappa shape index (κ2) is 11.3. The first-order chi connectivity index (χ1) is 14.3. The van der Waals surface area contributed by atoms with Gasteiger partial charge in [0.15, 0.2) is 11.7 Å². The quantitative estimate of drug-likeness (QED) is 0.201. The molecule has 1 aromatic carbocycles. The largest absolute Gasteiger partial charge is 0.370 e. The highest BCUT2D eigenvalue weighted by Crippen LogP contribution is 2.21. The molecule has 2 rings (SSSR count). The molecule has 1 heterocycles. The average molecular weight is 419 g/mol. The van der Waals surface area contributed by atoms with Gasteiger partial charge in [0.25, 0.3) is 0 Å². The van der Waals surface area contributed by atoms with Crippen LogP contribution in [0.4, 0.5) is 4.39 Å². The van der Waals surface area contributed by atoms with Crippen LogP contribution >= 0.6 is 0 Å². The van der Waals surface area contributed by atoms with Gasteiger partial charge in [-0.3, -0.25) is 14.6 Å². The summed E-state index contributed by atoms with van der Waals surface area (Å²) in [6.45, 7) is 4.70. The number of ketones is 1. The first-order valence-corrected chi connectivity index (χ1v) is 10.2. The second-order valence-corrected chi connectivity index (χ2v) is 7.15. The van der Waals surface area contributed by atoms with E-state index in [0.29, 0.717) is 31.3 Å². The number of Topliss-reactive ketones (excluding diaryl/α,β-unsaturated/α-hetero) is 1. The van der Waals surface area contributed by atoms with Crippen LogP contribution in [-0.4, -0.2) is 47.8 Å². The third-order valence-corrected chi connectivity index (χ3v) is 4.92. The van der Waals surface area contributed by atoms with Gasteiger partial charge in [0.05, 0.1) is 12.1 Å². The number of hydrogen-bond donors (Lipinski definition) is 5. The van der Waals surface area contributed by atoms with E-state index in [-0.39, 0.29) is 36.3 Å². The van der Waals surface area contributed by atoms with Gasteiger partial charge in [0.2, 0.25) is 5.91 Å². The molecule has 0 aliphatic carbocycles. The highest BCUT2D eigenvalue weighted by molar-refractivity contribution is 5.92. The second-order valence-electron chi connectivity index (χ2n) is 7.15. The van der Waals surface area contributed by atoms with E-state index in [1.807, 2.05) is 6.92 Å². The normalized spacial score (nSPS) is 13.0. The van der Waals surface area contributed by atoms with Crippen LogP contribution in [0.3, 0.4) is 0 Å². The number of aromatic nitrogens is 1. The first kappa shape index (κ1) is 23.3. The Morgan fingerprint density at radius 1 is 1.23 bits per heavy atom. The third-order valence-electron chi connectivity index (χ3n) is 4.92. The number of nitrogens with two attached hydrogens (primary N) is 2. The molecule has 2 unspecified atom stereocenters. The van der Waals surface area contributed by atoms with Gasteiger partial charge in [-0.2, -0.15) is 0 Å². The third kappa shape index (κ3) is 6.55. The Morgan fingerprint density at radius 2 is 2.00 bits per heavy atom. The molecular formula is C21H31FN6O2. The van der Waals surface area contributed by atoms with Gasteiger partial charge >= 0.3 is 0 Å². The number of carbonyl (C=O) groups is 2. The number of nitrogens with one attached hydrogen (secondary N) is 3. The van der Waals surface area contributed by atoms with Gasteiger partial charge in [0.1, 0.15) is 5.82 Å². The Balaban J connectivity index is 2.11. The summed E-state index contributed by atoms with van der Waals surface area (Å²) >= 11 is 0. The van der Waals surface area contributed by atoms with Crippen molar-refractivity contribution in [3.8, 4) is 0 Å². The average Bonchev–Trinajstić information content (AvgIpc) is 3.10. The Bertz CT molecular complexity index is 891. The van der Waals surface area contributed by atoms with Crippen molar-refractivity contribution in [2.75, 3.05) is 13.1 Å². The molecule has 2 atom stereocenters. The molecule has 0 radical (unpaired) electrons. The number of halogens is 1. The number of likely N-dealkylation sites (N-methyl/N-ethyl adjacent to an activating group) is 1. The van der Waals surface area contributed by atoms with E-state index in [9.17, 15) is 14.0 Å². The number of nitrogens with zero attached hydrogens (tertiary/aromatic N) is 1. The number of H-pyrrole nitrogens is 1. The maximum atomic E-state index is 13.7. The van der Waals surface area contributed by atoms with E-state index < -0.39 is 12.1 Å². The molecule has 0 saturated heterocycles. The summed E-state index contributed by atoms with van der Waals surface area (Å²) in [6.07, 6.45) is 3.48. The summed E-state index contributed by atoms with van der Waals surface area (Å²) in [5, 5.41) is 6.72. The molecule has 8 nitrogen and oxygen atoms in total. The smallest absolute Gasteiger partial charge is 0.237 e. The molecule has 0 fully saturated rings. The minimum absolute atomic E-state index is 0.0169. The van der Waals surface area contributed by atoms with E-state index in [4.69, 9.17) is 11.5 Å². The lowest BCUT2D eigenvalue weighted by Crippen LogP contribution is -2.50. The van der Waals surface area contributed by atoms with Crippen LogP contribution in [-0.2, 0) is 16.0 Å². The summed E-state index contributed by atoms with van der Waals surface area (Å²) in [6, 6.07) is 3.31. The summed E-state index contributed by atoms with van der Waals surface area (Å²) in [4.78, 5) is 32.4.